The van der Waals surface area contributed by atoms with Gasteiger partial charge in [-0.3, -0.25) is 19.9 Å². The van der Waals surface area contributed by atoms with Gasteiger partial charge in [-0.05, 0) is 92.9 Å². The van der Waals surface area contributed by atoms with Crippen molar-refractivity contribution in [1.82, 2.24) is 10.2 Å². The second-order valence-corrected chi connectivity index (χ2v) is 11.0. The highest BCUT2D eigenvalue weighted by molar-refractivity contribution is 9.10. The van der Waals surface area contributed by atoms with Crippen LogP contribution in [0.15, 0.2) is 45.9 Å². The number of hydrogen-bond donors (Lipinski definition) is 3. The molecule has 1 heterocycles. The molecule has 0 spiro atoms. The fraction of sp³-hybridized carbons (Fsp3) is 0.464. The topological polar surface area (TPSA) is 117 Å². The van der Waals surface area contributed by atoms with Crippen LogP contribution >= 0.6 is 15.9 Å². The molecule has 1 aliphatic carbocycles. The first-order chi connectivity index (χ1) is 18.2. The Bertz CT molecular complexity index is 1200. The molecule has 1 saturated heterocycles. The van der Waals surface area contributed by atoms with Gasteiger partial charge < -0.3 is 20.5 Å². The number of likely N-dealkylation sites (tertiary alicyclic amines) is 1. The number of ether oxygens (including phenoxy) is 1. The molecular formula is C28H34BrFN4O4. The molecule has 2 fully saturated rings. The second-order valence-electron chi connectivity index (χ2n) is 10.1. The Hall–Kier alpha value is -2.98. The van der Waals surface area contributed by atoms with Gasteiger partial charge in [0.2, 0.25) is 0 Å². The van der Waals surface area contributed by atoms with Crippen molar-refractivity contribution in [3.8, 4) is 5.75 Å². The standard InChI is InChI=1S/C28H34BrFN4O4/c1-38-25-8-6-20(29)13-18(25)5-7-21-22(3-2-4-24(21)30)26(35)33-28(31)32-15-17-9-11-34(12-10-17)16-19-14-23(19)27(36)37/h2-4,6,8,13,17,19,23H,5,7,9-12,14-16H2,1H3,(H,36,37)(H3,31,32,33,35)/t19-,23+/m1/s1. The number of benzene rings is 2. The van der Waals surface area contributed by atoms with Gasteiger partial charge in [-0.15, -0.1) is 0 Å². The van der Waals surface area contributed by atoms with Crippen molar-refractivity contribution >= 4 is 33.8 Å². The van der Waals surface area contributed by atoms with E-state index in [1.165, 1.54) is 12.1 Å². The van der Waals surface area contributed by atoms with Gasteiger partial charge in [-0.25, -0.2) is 4.39 Å². The summed E-state index contributed by atoms with van der Waals surface area (Å²) in [5.74, 6) is -0.463. The SMILES string of the molecule is COc1ccc(Br)cc1CCc1c(F)cccc1C(=O)NC(N)=NCC1CCN(C[C@H]2C[C@@H]2C(=O)O)CC1. The number of carbonyl (C=O) groups is 2. The van der Waals surface area contributed by atoms with Crippen LogP contribution in [0.5, 0.6) is 5.75 Å². The van der Waals surface area contributed by atoms with Gasteiger partial charge in [-0.1, -0.05) is 22.0 Å². The average Bonchev–Trinajstić information content (AvgIpc) is 3.67. The average molecular weight is 590 g/mol. The van der Waals surface area contributed by atoms with Crippen molar-refractivity contribution in [2.45, 2.75) is 32.1 Å². The van der Waals surface area contributed by atoms with E-state index < -0.39 is 17.7 Å². The van der Waals surface area contributed by atoms with Crippen LogP contribution in [-0.4, -0.2) is 61.1 Å². The van der Waals surface area contributed by atoms with E-state index in [0.29, 0.717) is 36.6 Å². The Balaban J connectivity index is 1.29. The van der Waals surface area contributed by atoms with E-state index in [9.17, 15) is 14.0 Å². The van der Waals surface area contributed by atoms with Crippen LogP contribution in [0.2, 0.25) is 0 Å². The summed E-state index contributed by atoms with van der Waals surface area (Å²) >= 11 is 3.45. The van der Waals surface area contributed by atoms with Gasteiger partial charge in [0.1, 0.15) is 11.6 Å². The van der Waals surface area contributed by atoms with Crippen molar-refractivity contribution in [3.05, 3.63) is 63.4 Å². The fourth-order valence-corrected chi connectivity index (χ4v) is 5.52. The zero-order chi connectivity index (χ0) is 27.2. The van der Waals surface area contributed by atoms with E-state index in [4.69, 9.17) is 15.6 Å². The third-order valence-electron chi connectivity index (χ3n) is 7.45. The van der Waals surface area contributed by atoms with Crippen LogP contribution in [0.4, 0.5) is 4.39 Å². The van der Waals surface area contributed by atoms with Crippen LogP contribution in [-0.2, 0) is 17.6 Å². The number of amides is 1. The number of nitrogens with one attached hydrogen (secondary N) is 1. The van der Waals surface area contributed by atoms with E-state index >= 15 is 0 Å². The number of rotatable bonds is 10. The number of piperidine rings is 1. The molecule has 38 heavy (non-hydrogen) atoms. The summed E-state index contributed by atoms with van der Waals surface area (Å²) in [5, 5.41) is 11.7. The van der Waals surface area contributed by atoms with Crippen molar-refractivity contribution in [2.24, 2.45) is 28.5 Å². The molecule has 0 bridgehead atoms. The molecule has 2 atom stereocenters. The molecule has 2 aromatic carbocycles. The van der Waals surface area contributed by atoms with Crippen molar-refractivity contribution in [1.29, 1.82) is 0 Å². The predicted octanol–water partition coefficient (Wildman–Crippen LogP) is 3.86. The Labute approximate surface area is 230 Å². The number of nitrogens with two attached hydrogens (primary N) is 1. The Morgan fingerprint density at radius 2 is 2.00 bits per heavy atom. The second kappa shape index (κ2) is 12.7. The number of carbonyl (C=O) groups excluding carboxylic acids is 1. The minimum absolute atomic E-state index is 0.0172. The van der Waals surface area contributed by atoms with Gasteiger partial charge in [0.25, 0.3) is 5.91 Å². The van der Waals surface area contributed by atoms with Crippen molar-refractivity contribution in [3.63, 3.8) is 0 Å². The van der Waals surface area contributed by atoms with Gasteiger partial charge in [0.15, 0.2) is 5.96 Å². The van der Waals surface area contributed by atoms with Gasteiger partial charge >= 0.3 is 5.97 Å². The van der Waals surface area contributed by atoms with E-state index in [2.05, 4.69) is 31.1 Å². The number of carboxylic acid groups (broad SMARTS) is 1. The smallest absolute Gasteiger partial charge is 0.306 e. The maximum Gasteiger partial charge on any atom is 0.306 e. The molecule has 4 N–H and O–H groups in total. The van der Waals surface area contributed by atoms with Crippen LogP contribution in [0, 0.1) is 23.6 Å². The number of hydrogen-bond acceptors (Lipinski definition) is 5. The molecule has 1 aliphatic heterocycles. The summed E-state index contributed by atoms with van der Waals surface area (Å²) < 4.78 is 21.1. The minimum Gasteiger partial charge on any atom is -0.496 e. The molecular weight excluding hydrogens is 555 g/mol. The summed E-state index contributed by atoms with van der Waals surface area (Å²) in [6.45, 7) is 3.16. The number of guanidine groups is 1. The monoisotopic (exact) mass is 588 g/mol. The van der Waals surface area contributed by atoms with Gasteiger partial charge in [-0.2, -0.15) is 0 Å². The summed E-state index contributed by atoms with van der Waals surface area (Å²) in [6.07, 6.45) is 3.47. The quantitative estimate of drug-likeness (QED) is 0.286. The van der Waals surface area contributed by atoms with Crippen LogP contribution < -0.4 is 15.8 Å². The lowest BCUT2D eigenvalue weighted by atomic mass is 9.97. The molecule has 2 aliphatic rings. The van der Waals surface area contributed by atoms with E-state index in [1.807, 2.05) is 18.2 Å². The molecule has 2 aromatic rings. The summed E-state index contributed by atoms with van der Waals surface area (Å²) in [7, 11) is 1.59. The Morgan fingerprint density at radius 1 is 1.24 bits per heavy atom. The fourth-order valence-electron chi connectivity index (χ4n) is 5.11. The highest BCUT2D eigenvalue weighted by Gasteiger charge is 2.44. The first-order valence-corrected chi connectivity index (χ1v) is 13.7. The lowest BCUT2D eigenvalue weighted by Crippen LogP contribution is -2.39. The number of aliphatic imine (C=N–C) groups is 1. The maximum absolute atomic E-state index is 14.8. The summed E-state index contributed by atoms with van der Waals surface area (Å²) in [4.78, 5) is 30.7. The molecule has 1 saturated carbocycles. The van der Waals surface area contributed by atoms with Crippen LogP contribution in [0.1, 0.15) is 40.7 Å². The first-order valence-electron chi connectivity index (χ1n) is 12.9. The number of halogens is 2. The zero-order valence-electron chi connectivity index (χ0n) is 21.5. The molecule has 10 heteroatoms. The Morgan fingerprint density at radius 3 is 2.68 bits per heavy atom. The van der Waals surface area contributed by atoms with Crippen molar-refractivity contribution < 1.29 is 23.8 Å². The molecule has 4 rings (SSSR count). The number of methoxy groups -OCH3 is 1. The summed E-state index contributed by atoms with van der Waals surface area (Å²) in [5.41, 5.74) is 7.46. The van der Waals surface area contributed by atoms with E-state index in [-0.39, 0.29) is 23.4 Å². The maximum atomic E-state index is 14.8. The number of carboxylic acids is 1. The Kier molecular flexibility index (Phi) is 9.38. The molecule has 0 unspecified atom stereocenters. The largest absolute Gasteiger partial charge is 0.496 e. The molecule has 204 valence electrons. The summed E-state index contributed by atoms with van der Waals surface area (Å²) in [6, 6.07) is 10.1. The normalized spacial score (nSPS) is 20.2. The molecule has 8 nitrogen and oxygen atoms in total. The number of aliphatic carboxylic acids is 1. The van der Waals surface area contributed by atoms with Crippen LogP contribution in [0.25, 0.3) is 0 Å². The van der Waals surface area contributed by atoms with Crippen LogP contribution in [0.3, 0.4) is 0 Å². The third-order valence-corrected chi connectivity index (χ3v) is 7.94. The predicted molar refractivity (Wildman–Crippen MR) is 147 cm³/mol. The number of nitrogens with zero attached hydrogens (tertiary/aromatic N) is 2. The first kappa shape index (κ1) is 28.0. The third kappa shape index (κ3) is 7.32. The molecule has 1 amide bonds. The lowest BCUT2D eigenvalue weighted by molar-refractivity contribution is -0.138. The molecule has 0 radical (unpaired) electrons. The van der Waals surface area contributed by atoms with E-state index in [0.717, 1.165) is 48.9 Å². The highest BCUT2D eigenvalue weighted by Crippen LogP contribution is 2.39. The lowest BCUT2D eigenvalue weighted by Gasteiger charge is -2.31. The van der Waals surface area contributed by atoms with Gasteiger partial charge in [0.05, 0.1) is 13.0 Å². The van der Waals surface area contributed by atoms with Gasteiger partial charge in [0, 0.05) is 28.7 Å². The zero-order valence-corrected chi connectivity index (χ0v) is 23.0. The molecule has 0 aromatic heterocycles. The highest BCUT2D eigenvalue weighted by atomic mass is 79.9. The van der Waals surface area contributed by atoms with Crippen molar-refractivity contribution in [2.75, 3.05) is 33.3 Å². The minimum atomic E-state index is -0.688. The number of aryl methyl sites for hydroxylation is 1. The van der Waals surface area contributed by atoms with E-state index in [1.54, 1.807) is 13.2 Å².